The van der Waals surface area contributed by atoms with E-state index in [-0.39, 0.29) is 0 Å². The van der Waals surface area contributed by atoms with Crippen molar-refractivity contribution in [1.29, 1.82) is 0 Å². The molecule has 2 aromatic rings. The number of benzene rings is 2. The average Bonchev–Trinajstić information content (AvgIpc) is 3.13. The van der Waals surface area contributed by atoms with Crippen LogP contribution in [0.25, 0.3) is 0 Å². The van der Waals surface area contributed by atoms with Crippen molar-refractivity contribution >= 4 is 17.4 Å². The van der Waals surface area contributed by atoms with E-state index in [1.54, 1.807) is 0 Å². The van der Waals surface area contributed by atoms with E-state index in [1.807, 2.05) is 11.8 Å². The van der Waals surface area contributed by atoms with E-state index in [9.17, 15) is 0 Å². The van der Waals surface area contributed by atoms with E-state index >= 15 is 0 Å². The molecule has 2 aromatic carbocycles. The van der Waals surface area contributed by atoms with Gasteiger partial charge >= 0.3 is 0 Å². The highest BCUT2D eigenvalue weighted by molar-refractivity contribution is 7.99. The molecule has 0 fully saturated rings. The maximum absolute atomic E-state index is 2.39. The lowest BCUT2D eigenvalue weighted by Gasteiger charge is -2.18. The van der Waals surface area contributed by atoms with Gasteiger partial charge in [-0.3, -0.25) is 0 Å². The molecule has 0 atom stereocenters. The minimum atomic E-state index is 0.329. The summed E-state index contributed by atoms with van der Waals surface area (Å²) in [5, 5.41) is 0. The molecule has 0 amide bonds. The summed E-state index contributed by atoms with van der Waals surface area (Å²) in [5.74, 6) is 1.09. The highest BCUT2D eigenvalue weighted by Gasteiger charge is 2.10. The summed E-state index contributed by atoms with van der Waals surface area (Å²) in [5.41, 5.74) is 5.60. The third-order valence-electron chi connectivity index (χ3n) is 4.52. The van der Waals surface area contributed by atoms with Gasteiger partial charge in [0.15, 0.2) is 0 Å². The van der Waals surface area contributed by atoms with Crippen LogP contribution >= 0.6 is 11.8 Å². The molecular weight excluding hydrogens is 322 g/mol. The first kappa shape index (κ1) is 18.1. The Morgan fingerprint density at radius 2 is 1.24 bits per heavy atom. The molecule has 1 heterocycles. The Bertz CT molecular complexity index is 684. The Kier molecular flexibility index (Phi) is 5.90. The number of hydrogen-bond donors (Lipinski definition) is 0. The standard InChI is InChI=1S/C23H29NS/c1-23(2,3)25-18-21-10-8-19(9-11-21)6-7-20-12-14-22(15-13-20)24-16-4-5-17-24/h4-5,8-15H,6-7,16-18H2,1-3H3. The lowest BCUT2D eigenvalue weighted by Crippen LogP contribution is -2.18. The largest absolute Gasteiger partial charge is 0.364 e. The maximum atomic E-state index is 2.39. The molecule has 25 heavy (non-hydrogen) atoms. The fourth-order valence-electron chi connectivity index (χ4n) is 2.95. The van der Waals surface area contributed by atoms with Crippen LogP contribution in [-0.4, -0.2) is 17.8 Å². The van der Waals surface area contributed by atoms with E-state index < -0.39 is 0 Å². The summed E-state index contributed by atoms with van der Waals surface area (Å²) < 4.78 is 0.329. The molecule has 3 rings (SSSR count). The van der Waals surface area contributed by atoms with Gasteiger partial charge < -0.3 is 4.90 Å². The summed E-state index contributed by atoms with van der Waals surface area (Å²) in [4.78, 5) is 2.39. The molecule has 1 nitrogen and oxygen atoms in total. The molecule has 0 saturated heterocycles. The van der Waals surface area contributed by atoms with Crippen molar-refractivity contribution in [1.82, 2.24) is 0 Å². The fraction of sp³-hybridized carbons (Fsp3) is 0.391. The van der Waals surface area contributed by atoms with Crippen molar-refractivity contribution in [2.75, 3.05) is 18.0 Å². The molecule has 0 bridgehead atoms. The Labute approximate surface area is 157 Å². The summed E-state index contributed by atoms with van der Waals surface area (Å²) in [6.45, 7) is 8.91. The summed E-state index contributed by atoms with van der Waals surface area (Å²) in [7, 11) is 0. The van der Waals surface area contributed by atoms with Gasteiger partial charge in [-0.15, -0.1) is 0 Å². The zero-order valence-corrected chi connectivity index (χ0v) is 16.5. The van der Waals surface area contributed by atoms with Crippen LogP contribution in [0, 0.1) is 0 Å². The van der Waals surface area contributed by atoms with E-state index in [4.69, 9.17) is 0 Å². The SMILES string of the molecule is CC(C)(C)SCc1ccc(CCc2ccc(N3CC=CC3)cc2)cc1. The van der Waals surface area contributed by atoms with Crippen LogP contribution in [-0.2, 0) is 18.6 Å². The van der Waals surface area contributed by atoms with Crippen molar-refractivity contribution in [2.24, 2.45) is 0 Å². The van der Waals surface area contributed by atoms with Gasteiger partial charge in [0.2, 0.25) is 0 Å². The van der Waals surface area contributed by atoms with Gasteiger partial charge in [0.25, 0.3) is 0 Å². The molecular formula is C23H29NS. The van der Waals surface area contributed by atoms with Gasteiger partial charge in [-0.05, 0) is 41.7 Å². The van der Waals surface area contributed by atoms with Crippen molar-refractivity contribution < 1.29 is 0 Å². The average molecular weight is 352 g/mol. The first-order valence-corrected chi connectivity index (χ1v) is 10.2. The quantitative estimate of drug-likeness (QED) is 0.598. The highest BCUT2D eigenvalue weighted by atomic mass is 32.2. The molecule has 1 aliphatic rings. The second kappa shape index (κ2) is 8.14. The number of rotatable bonds is 6. The van der Waals surface area contributed by atoms with Gasteiger partial charge in [-0.25, -0.2) is 0 Å². The van der Waals surface area contributed by atoms with Crippen LogP contribution in [0.15, 0.2) is 60.7 Å². The minimum absolute atomic E-state index is 0.329. The van der Waals surface area contributed by atoms with Crippen LogP contribution in [0.1, 0.15) is 37.5 Å². The van der Waals surface area contributed by atoms with Crippen LogP contribution in [0.5, 0.6) is 0 Å². The van der Waals surface area contributed by atoms with Crippen molar-refractivity contribution in [3.05, 3.63) is 77.4 Å². The first-order chi connectivity index (χ1) is 12.0. The van der Waals surface area contributed by atoms with Gasteiger partial charge in [0.05, 0.1) is 0 Å². The molecule has 132 valence electrons. The summed E-state index contributed by atoms with van der Waals surface area (Å²) in [6.07, 6.45) is 6.68. The second-order valence-electron chi connectivity index (χ2n) is 7.76. The smallest absolute Gasteiger partial charge is 0.0372 e. The Hall–Kier alpha value is -1.67. The zero-order chi connectivity index (χ0) is 17.7. The Balaban J connectivity index is 1.49. The molecule has 0 saturated carbocycles. The van der Waals surface area contributed by atoms with E-state index in [0.717, 1.165) is 31.7 Å². The Morgan fingerprint density at radius 1 is 0.760 bits per heavy atom. The number of thioether (sulfide) groups is 1. The summed E-state index contributed by atoms with van der Waals surface area (Å²) in [6, 6.07) is 18.2. The van der Waals surface area contributed by atoms with Gasteiger partial charge in [-0.1, -0.05) is 69.3 Å². The van der Waals surface area contributed by atoms with E-state index in [1.165, 1.54) is 22.4 Å². The third-order valence-corrected chi connectivity index (χ3v) is 5.86. The molecule has 2 heteroatoms. The van der Waals surface area contributed by atoms with Gasteiger partial charge in [0.1, 0.15) is 0 Å². The number of aryl methyl sites for hydroxylation is 2. The van der Waals surface area contributed by atoms with Gasteiger partial charge in [0, 0.05) is 29.3 Å². The van der Waals surface area contributed by atoms with Gasteiger partial charge in [-0.2, -0.15) is 11.8 Å². The van der Waals surface area contributed by atoms with Crippen LogP contribution in [0.4, 0.5) is 5.69 Å². The second-order valence-corrected chi connectivity index (χ2v) is 9.56. The molecule has 0 aromatic heterocycles. The third kappa shape index (κ3) is 5.67. The first-order valence-electron chi connectivity index (χ1n) is 9.20. The molecule has 0 aliphatic carbocycles. The lowest BCUT2D eigenvalue weighted by molar-refractivity contribution is 0.802. The van der Waals surface area contributed by atoms with Crippen LogP contribution in [0.3, 0.4) is 0 Å². The topological polar surface area (TPSA) is 3.24 Å². The number of anilines is 1. The van der Waals surface area contributed by atoms with Crippen LogP contribution < -0.4 is 4.90 Å². The molecule has 0 spiro atoms. The minimum Gasteiger partial charge on any atom is -0.364 e. The van der Waals surface area contributed by atoms with E-state index in [2.05, 4.69) is 86.4 Å². The number of hydrogen-bond acceptors (Lipinski definition) is 2. The van der Waals surface area contributed by atoms with E-state index in [0.29, 0.717) is 4.75 Å². The number of nitrogens with zero attached hydrogens (tertiary/aromatic N) is 1. The van der Waals surface area contributed by atoms with Crippen molar-refractivity contribution in [2.45, 2.75) is 44.1 Å². The fourth-order valence-corrected chi connectivity index (χ4v) is 3.75. The van der Waals surface area contributed by atoms with Crippen LogP contribution in [0.2, 0.25) is 0 Å². The van der Waals surface area contributed by atoms with Crippen molar-refractivity contribution in [3.63, 3.8) is 0 Å². The highest BCUT2D eigenvalue weighted by Crippen LogP contribution is 2.27. The lowest BCUT2D eigenvalue weighted by atomic mass is 10.0. The predicted octanol–water partition coefficient (Wildman–Crippen LogP) is 5.88. The normalized spacial score (nSPS) is 14.3. The monoisotopic (exact) mass is 351 g/mol. The molecule has 1 aliphatic heterocycles. The summed E-state index contributed by atoms with van der Waals surface area (Å²) >= 11 is 2.01. The van der Waals surface area contributed by atoms with Crippen molar-refractivity contribution in [3.8, 4) is 0 Å². The maximum Gasteiger partial charge on any atom is 0.0372 e. The zero-order valence-electron chi connectivity index (χ0n) is 15.7. The predicted molar refractivity (Wildman–Crippen MR) is 113 cm³/mol. The molecule has 0 unspecified atom stereocenters. The molecule has 0 N–H and O–H groups in total. The Morgan fingerprint density at radius 3 is 1.76 bits per heavy atom. The molecule has 0 radical (unpaired) electrons.